The SMILES string of the molecule is Cc1cc(C)c(-c2c3nc(c4c5nc6c(c7[nH+]c(c(-c8c(C)cc(C)cc8C)c8[nH+]c2C=C8)C=C7)c2c(C)cc(C)cc2n2c5c6n(c5cc(C)cc(C)c45)-c4cc(C(=O)O)ccc4-2)C=C3)c(C)c1. The molecule has 0 aliphatic carbocycles. The Morgan fingerprint density at radius 2 is 0.884 bits per heavy atom. The number of aromatic carboxylic acids is 1. The zero-order valence-corrected chi connectivity index (χ0v) is 40.5. The Bertz CT molecular complexity index is 4100. The van der Waals surface area contributed by atoms with Crippen molar-refractivity contribution in [1.29, 1.82) is 0 Å². The Hall–Kier alpha value is -8.23. The number of aromatic nitrogens is 6. The number of benzene rings is 5. The summed E-state index contributed by atoms with van der Waals surface area (Å²) < 4.78 is 4.67. The zero-order valence-electron chi connectivity index (χ0n) is 40.5. The lowest BCUT2D eigenvalue weighted by atomic mass is 9.92. The first-order valence-corrected chi connectivity index (χ1v) is 23.8. The molecule has 0 spiro atoms. The van der Waals surface area contributed by atoms with Crippen LogP contribution in [-0.4, -0.2) is 30.2 Å². The Balaban J connectivity index is 1.39. The molecule has 3 N–H and O–H groups in total. The first-order chi connectivity index (χ1) is 33.1. The lowest BCUT2D eigenvalue weighted by Gasteiger charge is -2.23. The van der Waals surface area contributed by atoms with Gasteiger partial charge in [-0.1, -0.05) is 47.5 Å². The molecule has 0 unspecified atom stereocenters. The summed E-state index contributed by atoms with van der Waals surface area (Å²) in [6, 6.07) is 23.7. The maximum Gasteiger partial charge on any atom is 0.335 e. The minimum Gasteiger partial charge on any atom is -0.478 e. The molecule has 4 aliphatic rings. The van der Waals surface area contributed by atoms with E-state index in [1.54, 1.807) is 6.07 Å². The number of hydrogen-bond donors (Lipinski definition) is 1. The van der Waals surface area contributed by atoms with Gasteiger partial charge in [-0.2, -0.15) is 0 Å². The number of nitrogens with zero attached hydrogens (tertiary/aromatic N) is 4. The summed E-state index contributed by atoms with van der Waals surface area (Å²) in [5, 5.41) is 14.6. The highest BCUT2D eigenvalue weighted by molar-refractivity contribution is 6.28. The van der Waals surface area contributed by atoms with Gasteiger partial charge in [-0.15, -0.1) is 0 Å². The highest BCUT2D eigenvalue weighted by Crippen LogP contribution is 2.49. The van der Waals surface area contributed by atoms with Crippen molar-refractivity contribution in [1.82, 2.24) is 19.1 Å². The molecule has 334 valence electrons. The molecule has 13 rings (SSSR count). The van der Waals surface area contributed by atoms with Gasteiger partial charge >= 0.3 is 5.97 Å². The van der Waals surface area contributed by atoms with Gasteiger partial charge in [0.05, 0.1) is 61.3 Å². The Kier molecular flexibility index (Phi) is 8.41. The topological polar surface area (TPSA) is 101 Å². The van der Waals surface area contributed by atoms with Crippen LogP contribution in [0.3, 0.4) is 0 Å². The van der Waals surface area contributed by atoms with Crippen molar-refractivity contribution in [3.63, 3.8) is 0 Å². The monoisotopic (exact) mass is 898 g/mol. The largest absolute Gasteiger partial charge is 0.478 e. The van der Waals surface area contributed by atoms with Gasteiger partial charge in [0.1, 0.15) is 16.6 Å². The summed E-state index contributed by atoms with van der Waals surface area (Å²) in [5.41, 5.74) is 29.0. The number of rotatable bonds is 3. The fourth-order valence-electron chi connectivity index (χ4n) is 12.6. The van der Waals surface area contributed by atoms with Crippen LogP contribution < -0.4 is 9.97 Å². The molecule has 8 nitrogen and oxygen atoms in total. The molecule has 8 heterocycles. The number of hydrogen-bond acceptors (Lipinski definition) is 3. The van der Waals surface area contributed by atoms with Gasteiger partial charge in [0, 0.05) is 46.0 Å². The third-order valence-corrected chi connectivity index (χ3v) is 14.9. The molecule has 8 heteroatoms. The lowest BCUT2D eigenvalue weighted by molar-refractivity contribution is -0.385. The van der Waals surface area contributed by atoms with Gasteiger partial charge in [0.2, 0.25) is 22.8 Å². The third kappa shape index (κ3) is 5.66. The molecule has 0 saturated carbocycles. The predicted octanol–water partition coefficient (Wildman–Crippen LogP) is 13.6. The first-order valence-electron chi connectivity index (χ1n) is 23.8. The second-order valence-corrected chi connectivity index (χ2v) is 20.0. The smallest absolute Gasteiger partial charge is 0.335 e. The highest BCUT2D eigenvalue weighted by Gasteiger charge is 2.34. The van der Waals surface area contributed by atoms with Crippen LogP contribution in [0.25, 0.3) is 125 Å². The molecule has 0 amide bonds. The molecule has 0 radical (unpaired) electrons. The molecular formula is C61H50N6O2+2. The summed E-state index contributed by atoms with van der Waals surface area (Å²) in [5.74, 6) is -0.978. The fraction of sp³-hybridized carbons (Fsp3) is 0.164. The van der Waals surface area contributed by atoms with Gasteiger partial charge in [-0.25, -0.2) is 24.7 Å². The quantitative estimate of drug-likeness (QED) is 0.191. The van der Waals surface area contributed by atoms with E-state index in [0.717, 1.165) is 139 Å². The van der Waals surface area contributed by atoms with E-state index in [2.05, 4.69) is 173 Å². The van der Waals surface area contributed by atoms with Gasteiger partial charge in [-0.05, 0) is 162 Å². The molecule has 9 aromatic rings. The minimum absolute atomic E-state index is 0.217. The predicted molar refractivity (Wildman–Crippen MR) is 282 cm³/mol. The molecule has 0 saturated heterocycles. The van der Waals surface area contributed by atoms with E-state index in [9.17, 15) is 9.90 Å². The van der Waals surface area contributed by atoms with E-state index in [1.165, 1.54) is 38.9 Å². The van der Waals surface area contributed by atoms with Crippen molar-refractivity contribution in [3.05, 3.63) is 162 Å². The number of carboxylic acids is 1. The van der Waals surface area contributed by atoms with Crippen LogP contribution >= 0.6 is 0 Å². The van der Waals surface area contributed by atoms with Crippen LogP contribution in [0.1, 0.15) is 100 Å². The molecular weight excluding hydrogens is 849 g/mol. The number of aryl methyl sites for hydroxylation is 10. The van der Waals surface area contributed by atoms with Gasteiger partial charge in [0.15, 0.2) is 0 Å². The number of aromatic amines is 2. The van der Waals surface area contributed by atoms with E-state index in [1.807, 2.05) is 12.1 Å². The number of carbonyl (C=O) groups is 1. The van der Waals surface area contributed by atoms with Gasteiger partial charge in [0.25, 0.3) is 0 Å². The van der Waals surface area contributed by atoms with E-state index < -0.39 is 5.97 Å². The van der Waals surface area contributed by atoms with Gasteiger partial charge < -0.3 is 14.2 Å². The Morgan fingerprint density at radius 1 is 0.435 bits per heavy atom. The van der Waals surface area contributed by atoms with E-state index >= 15 is 0 Å². The molecule has 0 fully saturated rings. The standard InChI is InChI=1S/C61H48N6O2/c1-28-19-32(5)49(33(6)20-28)53-39-12-13-40(62-39)54(50-34(7)21-29(2)22-35(50)8)42-15-17-44(64-42)56-52-37(10)24-31(4)26-48(52)67-46-27-38(61(68)69)11-18-45(46)66-47-25-30(3)23-36(9)51(47)55(43-16-14-41(53)63-43)58-60(67)59(66)57(56)65-58/h11-27H,1-10H3,(H,68,69)/p+2. The second kappa shape index (κ2) is 14.2. The molecule has 4 aliphatic heterocycles. The van der Waals surface area contributed by atoms with Crippen LogP contribution in [-0.2, 0) is 0 Å². The maximum absolute atomic E-state index is 12.9. The van der Waals surface area contributed by atoms with Crippen molar-refractivity contribution >= 4 is 97.1 Å². The molecule has 4 aromatic heterocycles. The van der Waals surface area contributed by atoms with Crippen molar-refractivity contribution in [2.45, 2.75) is 69.2 Å². The minimum atomic E-state index is -0.978. The van der Waals surface area contributed by atoms with Crippen LogP contribution in [0.4, 0.5) is 0 Å². The van der Waals surface area contributed by atoms with Crippen LogP contribution in [0.5, 0.6) is 0 Å². The summed E-state index contributed by atoms with van der Waals surface area (Å²) in [4.78, 5) is 32.7. The van der Waals surface area contributed by atoms with Crippen LogP contribution in [0.15, 0.2) is 66.7 Å². The normalized spacial score (nSPS) is 13.0. The number of nitrogens with one attached hydrogen (secondary N) is 2. The summed E-state index contributed by atoms with van der Waals surface area (Å²) in [7, 11) is 0. The van der Waals surface area contributed by atoms with E-state index in [0.29, 0.717) is 0 Å². The first kappa shape index (κ1) is 41.0. The number of H-pyrrole nitrogens is 2. The number of fused-ring (bicyclic) bond motifs is 17. The number of carboxylic acid groups (broad SMARTS) is 1. The average molecular weight is 899 g/mol. The molecule has 5 aromatic carbocycles. The Labute approximate surface area is 399 Å². The summed E-state index contributed by atoms with van der Waals surface area (Å²) in [6.45, 7) is 21.8. The fourth-order valence-corrected chi connectivity index (χ4v) is 12.6. The van der Waals surface area contributed by atoms with Crippen molar-refractivity contribution < 1.29 is 19.9 Å². The van der Waals surface area contributed by atoms with Crippen molar-refractivity contribution in [3.8, 4) is 33.6 Å². The third-order valence-electron chi connectivity index (χ3n) is 14.9. The second-order valence-electron chi connectivity index (χ2n) is 20.0. The lowest BCUT2D eigenvalue weighted by Crippen LogP contribution is -2.14. The summed E-state index contributed by atoms with van der Waals surface area (Å²) in [6.07, 6.45) is 13.3. The average Bonchev–Trinajstić information content (AvgIpc) is 4.10. The van der Waals surface area contributed by atoms with Crippen molar-refractivity contribution in [2.75, 3.05) is 0 Å². The van der Waals surface area contributed by atoms with E-state index in [-0.39, 0.29) is 5.56 Å². The maximum atomic E-state index is 12.9. The van der Waals surface area contributed by atoms with Crippen LogP contribution in [0, 0.1) is 69.2 Å². The molecule has 69 heavy (non-hydrogen) atoms. The zero-order chi connectivity index (χ0) is 47.6. The van der Waals surface area contributed by atoms with E-state index in [4.69, 9.17) is 9.97 Å². The van der Waals surface area contributed by atoms with Crippen molar-refractivity contribution in [2.24, 2.45) is 0 Å². The summed E-state index contributed by atoms with van der Waals surface area (Å²) >= 11 is 0. The van der Waals surface area contributed by atoms with Gasteiger partial charge in [-0.3, -0.25) is 0 Å². The molecule has 12 bridgehead atoms. The van der Waals surface area contributed by atoms with Crippen LogP contribution in [0.2, 0.25) is 0 Å². The Morgan fingerprint density at radius 3 is 1.46 bits per heavy atom. The highest BCUT2D eigenvalue weighted by atomic mass is 16.4. The molecule has 0 atom stereocenters.